The van der Waals surface area contributed by atoms with E-state index in [-0.39, 0.29) is 30.3 Å². The quantitative estimate of drug-likeness (QED) is 0.361. The van der Waals surface area contributed by atoms with Crippen molar-refractivity contribution in [3.8, 4) is 5.75 Å². The summed E-state index contributed by atoms with van der Waals surface area (Å²) in [6.07, 6.45) is 0.724. The Morgan fingerprint density at radius 2 is 1.73 bits per heavy atom. The van der Waals surface area contributed by atoms with Gasteiger partial charge < -0.3 is 15.0 Å². The highest BCUT2D eigenvalue weighted by molar-refractivity contribution is 5.95. The van der Waals surface area contributed by atoms with Crippen LogP contribution in [0, 0.1) is 12.7 Å². The van der Waals surface area contributed by atoms with Crippen molar-refractivity contribution in [2.45, 2.75) is 19.4 Å². The zero-order valence-electron chi connectivity index (χ0n) is 20.5. The van der Waals surface area contributed by atoms with Gasteiger partial charge in [-0.3, -0.25) is 9.59 Å². The van der Waals surface area contributed by atoms with Crippen LogP contribution in [0.25, 0.3) is 0 Å². The van der Waals surface area contributed by atoms with Crippen LogP contribution in [0.4, 0.5) is 10.1 Å². The molecule has 37 heavy (non-hydrogen) atoms. The lowest BCUT2D eigenvalue weighted by molar-refractivity contribution is -0.118. The van der Waals surface area contributed by atoms with Gasteiger partial charge in [-0.15, -0.1) is 0 Å². The number of rotatable bonds is 6. The molecule has 0 saturated carbocycles. The van der Waals surface area contributed by atoms with Crippen molar-refractivity contribution in [1.82, 2.24) is 4.90 Å². The number of carbonyl (C=O) groups is 2. The van der Waals surface area contributed by atoms with Gasteiger partial charge in [-0.2, -0.15) is 0 Å². The molecule has 0 saturated heterocycles. The SMILES string of the molecule is Cc1cccc([C@H]2c3cc(OCC(=O)Nc4ccc(F)cc4)ccc3CCN2C(=O)c2ccccc2)c1. The number of ether oxygens (including phenoxy) is 1. The Morgan fingerprint density at radius 1 is 0.946 bits per heavy atom. The lowest BCUT2D eigenvalue weighted by Gasteiger charge is -2.38. The van der Waals surface area contributed by atoms with E-state index in [0.29, 0.717) is 23.5 Å². The van der Waals surface area contributed by atoms with Gasteiger partial charge in [-0.25, -0.2) is 4.39 Å². The summed E-state index contributed by atoms with van der Waals surface area (Å²) in [5, 5.41) is 2.70. The van der Waals surface area contributed by atoms with E-state index in [2.05, 4.69) is 11.4 Å². The zero-order chi connectivity index (χ0) is 25.8. The summed E-state index contributed by atoms with van der Waals surface area (Å²) >= 11 is 0. The smallest absolute Gasteiger partial charge is 0.262 e. The Labute approximate surface area is 215 Å². The van der Waals surface area contributed by atoms with Gasteiger partial charge in [0.25, 0.3) is 11.8 Å². The maximum Gasteiger partial charge on any atom is 0.262 e. The van der Waals surface area contributed by atoms with Crippen LogP contribution in [0.15, 0.2) is 97.1 Å². The maximum absolute atomic E-state index is 13.6. The highest BCUT2D eigenvalue weighted by atomic mass is 19.1. The number of fused-ring (bicyclic) bond motifs is 1. The van der Waals surface area contributed by atoms with Crippen molar-refractivity contribution in [3.63, 3.8) is 0 Å². The van der Waals surface area contributed by atoms with Crippen LogP contribution in [-0.2, 0) is 11.2 Å². The number of amides is 2. The van der Waals surface area contributed by atoms with Crippen LogP contribution in [-0.4, -0.2) is 29.9 Å². The van der Waals surface area contributed by atoms with Crippen molar-refractivity contribution in [1.29, 1.82) is 0 Å². The summed E-state index contributed by atoms with van der Waals surface area (Å²) in [7, 11) is 0. The predicted molar refractivity (Wildman–Crippen MR) is 141 cm³/mol. The fraction of sp³-hybridized carbons (Fsp3) is 0.161. The first-order valence-electron chi connectivity index (χ1n) is 12.2. The van der Waals surface area contributed by atoms with Gasteiger partial charge >= 0.3 is 0 Å². The van der Waals surface area contributed by atoms with E-state index in [0.717, 1.165) is 28.7 Å². The first-order valence-corrected chi connectivity index (χ1v) is 12.2. The molecule has 0 unspecified atom stereocenters. The molecule has 1 atom stereocenters. The first-order chi connectivity index (χ1) is 18.0. The molecule has 6 heteroatoms. The van der Waals surface area contributed by atoms with E-state index < -0.39 is 0 Å². The molecule has 1 heterocycles. The molecule has 4 aromatic rings. The molecule has 2 amide bonds. The van der Waals surface area contributed by atoms with E-state index in [1.54, 1.807) is 0 Å². The molecular formula is C31H27FN2O3. The highest BCUT2D eigenvalue weighted by Gasteiger charge is 2.33. The van der Waals surface area contributed by atoms with Crippen LogP contribution in [0.1, 0.15) is 38.7 Å². The standard InChI is InChI=1S/C31H27FN2O3/c1-21-6-5-9-24(18-21)30-28-19-27(37-20-29(35)33-26-13-11-25(32)12-14-26)15-10-22(28)16-17-34(30)31(36)23-7-3-2-4-8-23/h2-15,18-19,30H,16-17,20H2,1H3,(H,33,35)/t30-/m0/s1. The summed E-state index contributed by atoms with van der Waals surface area (Å²) < 4.78 is 18.9. The number of nitrogens with one attached hydrogen (secondary N) is 1. The van der Waals surface area contributed by atoms with Crippen LogP contribution in [0.3, 0.4) is 0 Å². The molecule has 5 rings (SSSR count). The summed E-state index contributed by atoms with van der Waals surface area (Å²) in [6.45, 7) is 2.44. The molecular weight excluding hydrogens is 467 g/mol. The average molecular weight is 495 g/mol. The Bertz CT molecular complexity index is 1420. The number of hydrogen-bond acceptors (Lipinski definition) is 3. The van der Waals surface area contributed by atoms with Gasteiger partial charge in [0.05, 0.1) is 6.04 Å². The molecule has 0 fully saturated rings. The first kappa shape index (κ1) is 24.3. The summed E-state index contributed by atoms with van der Waals surface area (Å²) in [6, 6.07) is 28.6. The molecule has 1 aliphatic heterocycles. The molecule has 0 aromatic heterocycles. The summed E-state index contributed by atoms with van der Waals surface area (Å²) in [5.41, 5.74) is 5.41. The van der Waals surface area contributed by atoms with Crippen LogP contribution < -0.4 is 10.1 Å². The van der Waals surface area contributed by atoms with Crippen molar-refractivity contribution >= 4 is 17.5 Å². The van der Waals surface area contributed by atoms with Crippen molar-refractivity contribution < 1.29 is 18.7 Å². The highest BCUT2D eigenvalue weighted by Crippen LogP contribution is 2.38. The summed E-state index contributed by atoms with van der Waals surface area (Å²) in [4.78, 5) is 27.9. The van der Waals surface area contributed by atoms with Crippen LogP contribution in [0.5, 0.6) is 5.75 Å². The van der Waals surface area contributed by atoms with Gasteiger partial charge in [0.15, 0.2) is 6.61 Å². The third-order valence-electron chi connectivity index (χ3n) is 6.48. The number of nitrogens with zero attached hydrogens (tertiary/aromatic N) is 1. The minimum Gasteiger partial charge on any atom is -0.484 e. The Morgan fingerprint density at radius 3 is 2.49 bits per heavy atom. The lowest BCUT2D eigenvalue weighted by atomic mass is 9.87. The molecule has 5 nitrogen and oxygen atoms in total. The Hall–Kier alpha value is -4.45. The molecule has 0 aliphatic carbocycles. The number of hydrogen-bond donors (Lipinski definition) is 1. The average Bonchev–Trinajstić information content (AvgIpc) is 2.92. The van der Waals surface area contributed by atoms with Gasteiger partial charge in [0.1, 0.15) is 11.6 Å². The van der Waals surface area contributed by atoms with E-state index >= 15 is 0 Å². The van der Waals surface area contributed by atoms with Crippen LogP contribution in [0.2, 0.25) is 0 Å². The number of halogens is 1. The number of benzene rings is 4. The normalized spacial score (nSPS) is 14.5. The topological polar surface area (TPSA) is 58.6 Å². The predicted octanol–water partition coefficient (Wildman–Crippen LogP) is 5.94. The van der Waals surface area contributed by atoms with E-state index in [9.17, 15) is 14.0 Å². The number of aryl methyl sites for hydroxylation is 1. The molecule has 0 bridgehead atoms. The molecule has 186 valence electrons. The van der Waals surface area contributed by atoms with Gasteiger partial charge in [-0.05, 0) is 78.6 Å². The lowest BCUT2D eigenvalue weighted by Crippen LogP contribution is -2.40. The fourth-order valence-corrected chi connectivity index (χ4v) is 4.73. The largest absolute Gasteiger partial charge is 0.484 e. The van der Waals surface area contributed by atoms with E-state index in [1.165, 1.54) is 24.3 Å². The van der Waals surface area contributed by atoms with Gasteiger partial charge in [-0.1, -0.05) is 54.1 Å². The fourth-order valence-electron chi connectivity index (χ4n) is 4.73. The summed E-state index contributed by atoms with van der Waals surface area (Å²) in [5.74, 6) is -0.200. The van der Waals surface area contributed by atoms with Crippen molar-refractivity contribution in [2.75, 3.05) is 18.5 Å². The van der Waals surface area contributed by atoms with Gasteiger partial charge in [0, 0.05) is 17.8 Å². The molecule has 4 aromatic carbocycles. The van der Waals surface area contributed by atoms with Crippen molar-refractivity contribution in [2.24, 2.45) is 0 Å². The molecule has 0 radical (unpaired) electrons. The minimum absolute atomic E-state index is 0.0252. The third kappa shape index (κ3) is 5.54. The Kier molecular flexibility index (Phi) is 6.99. The second-order valence-electron chi connectivity index (χ2n) is 9.14. The van der Waals surface area contributed by atoms with Gasteiger partial charge in [0.2, 0.25) is 0 Å². The number of carbonyl (C=O) groups excluding carboxylic acids is 2. The van der Waals surface area contributed by atoms with Crippen molar-refractivity contribution in [3.05, 3.63) is 131 Å². The second kappa shape index (κ2) is 10.7. The molecule has 1 aliphatic rings. The van der Waals surface area contributed by atoms with E-state index in [1.807, 2.05) is 78.6 Å². The molecule has 0 spiro atoms. The monoisotopic (exact) mass is 494 g/mol. The maximum atomic E-state index is 13.6. The van der Waals surface area contributed by atoms with Crippen LogP contribution >= 0.6 is 0 Å². The number of anilines is 1. The second-order valence-corrected chi connectivity index (χ2v) is 9.14. The zero-order valence-corrected chi connectivity index (χ0v) is 20.5. The minimum atomic E-state index is -0.369. The Balaban J connectivity index is 1.41. The van der Waals surface area contributed by atoms with E-state index in [4.69, 9.17) is 4.74 Å². The third-order valence-corrected chi connectivity index (χ3v) is 6.48. The molecule has 1 N–H and O–H groups in total.